The Morgan fingerprint density at radius 3 is 2.68 bits per heavy atom. The third-order valence-corrected chi connectivity index (χ3v) is 4.83. The number of nitrogens with one attached hydrogen (secondary N) is 1. The molecule has 0 bridgehead atoms. The molecule has 1 aromatic carbocycles. The van der Waals surface area contributed by atoms with Gasteiger partial charge in [0.1, 0.15) is 18.4 Å². The van der Waals surface area contributed by atoms with E-state index in [-0.39, 0.29) is 36.3 Å². The summed E-state index contributed by atoms with van der Waals surface area (Å²) in [5.74, 6) is 0.274. The molecule has 0 radical (unpaired) electrons. The van der Waals surface area contributed by atoms with Crippen molar-refractivity contribution in [3.8, 4) is 6.07 Å². The van der Waals surface area contributed by atoms with Crippen LogP contribution in [0.1, 0.15) is 44.1 Å². The van der Waals surface area contributed by atoms with Crippen molar-refractivity contribution in [2.24, 2.45) is 5.41 Å². The molecule has 2 heterocycles. The van der Waals surface area contributed by atoms with Gasteiger partial charge in [0.05, 0.1) is 6.54 Å². The Morgan fingerprint density at radius 1 is 1.26 bits per heavy atom. The predicted molar refractivity (Wildman–Crippen MR) is 117 cm³/mol. The lowest BCUT2D eigenvalue weighted by molar-refractivity contribution is -0.121. The maximum Gasteiger partial charge on any atom is 0.326 e. The zero-order chi connectivity index (χ0) is 22.4. The van der Waals surface area contributed by atoms with Crippen LogP contribution in [0.3, 0.4) is 0 Å². The molecule has 0 atom stereocenters. The quantitative estimate of drug-likeness (QED) is 0.694. The first-order valence-corrected chi connectivity index (χ1v) is 10.4. The molecule has 2 aromatic rings. The Bertz CT molecular complexity index is 978. The number of benzene rings is 1. The Labute approximate surface area is 182 Å². The highest BCUT2D eigenvalue weighted by Crippen LogP contribution is 2.29. The fourth-order valence-corrected chi connectivity index (χ4v) is 3.47. The van der Waals surface area contributed by atoms with Crippen LogP contribution in [0.25, 0.3) is 0 Å². The Morgan fingerprint density at radius 2 is 2.00 bits per heavy atom. The molecule has 8 nitrogen and oxygen atoms in total. The number of nitrogens with zero attached hydrogens (tertiary/aromatic N) is 5. The van der Waals surface area contributed by atoms with Gasteiger partial charge in [-0.05, 0) is 23.8 Å². The van der Waals surface area contributed by atoms with Gasteiger partial charge in [0, 0.05) is 24.8 Å². The number of fused-ring (bicyclic) bond motifs is 1. The van der Waals surface area contributed by atoms with Crippen LogP contribution in [0.2, 0.25) is 0 Å². The van der Waals surface area contributed by atoms with Gasteiger partial charge in [-0.25, -0.2) is 14.8 Å². The summed E-state index contributed by atoms with van der Waals surface area (Å²) in [6, 6.07) is 11.7. The Balaban J connectivity index is 1.63. The van der Waals surface area contributed by atoms with Gasteiger partial charge in [0.15, 0.2) is 0 Å². The molecule has 31 heavy (non-hydrogen) atoms. The van der Waals surface area contributed by atoms with E-state index in [1.807, 2.05) is 45.0 Å². The zero-order valence-electron chi connectivity index (χ0n) is 18.3. The summed E-state index contributed by atoms with van der Waals surface area (Å²) in [7, 11) is 0. The fourth-order valence-electron chi connectivity index (χ4n) is 3.47. The summed E-state index contributed by atoms with van der Waals surface area (Å²) in [6.07, 6.45) is 3.27. The van der Waals surface area contributed by atoms with Gasteiger partial charge in [0.2, 0.25) is 11.7 Å². The molecule has 162 valence electrons. The van der Waals surface area contributed by atoms with Crippen LogP contribution in [0.15, 0.2) is 36.5 Å². The normalized spacial score (nSPS) is 13.5. The number of nitriles is 1. The van der Waals surface area contributed by atoms with Crippen molar-refractivity contribution in [3.05, 3.63) is 53.5 Å². The van der Waals surface area contributed by atoms with Crippen molar-refractivity contribution in [1.29, 1.82) is 5.26 Å². The van der Waals surface area contributed by atoms with Gasteiger partial charge in [-0.1, -0.05) is 51.1 Å². The second kappa shape index (κ2) is 9.56. The number of carbonyl (C=O) groups is 2. The molecule has 3 rings (SSSR count). The molecule has 1 aliphatic rings. The first-order chi connectivity index (χ1) is 14.8. The average molecular weight is 421 g/mol. The second-order valence-corrected chi connectivity index (χ2v) is 8.88. The minimum Gasteiger partial charge on any atom is -0.355 e. The van der Waals surface area contributed by atoms with Gasteiger partial charge in [0.25, 0.3) is 0 Å². The van der Waals surface area contributed by atoms with E-state index in [1.54, 1.807) is 11.1 Å². The van der Waals surface area contributed by atoms with Crippen molar-refractivity contribution in [2.75, 3.05) is 24.5 Å². The lowest BCUT2D eigenvalue weighted by Crippen LogP contribution is -2.52. The van der Waals surface area contributed by atoms with Crippen LogP contribution in [-0.4, -0.2) is 46.4 Å². The minimum absolute atomic E-state index is 0.0232. The molecule has 1 aromatic heterocycles. The minimum atomic E-state index is -0.288. The summed E-state index contributed by atoms with van der Waals surface area (Å²) < 4.78 is 0. The number of rotatable bonds is 7. The Hall–Kier alpha value is -3.47. The lowest BCUT2D eigenvalue weighted by atomic mass is 9.95. The highest BCUT2D eigenvalue weighted by Gasteiger charge is 2.35. The molecule has 0 saturated heterocycles. The van der Waals surface area contributed by atoms with E-state index in [1.165, 1.54) is 10.5 Å². The number of hydrogen-bond acceptors (Lipinski definition) is 5. The molecule has 3 amide bonds. The third-order valence-electron chi connectivity index (χ3n) is 4.83. The Kier molecular flexibility index (Phi) is 6.85. The van der Waals surface area contributed by atoms with Crippen molar-refractivity contribution in [3.63, 3.8) is 0 Å². The SMILES string of the molecule is CC(C)(C)CN1C(=O)N(CC(=O)NCCCc2ccccc2)Cc2cnc(C#N)nc21. The summed E-state index contributed by atoms with van der Waals surface area (Å²) in [5, 5.41) is 12.0. The lowest BCUT2D eigenvalue weighted by Gasteiger charge is -2.38. The van der Waals surface area contributed by atoms with Gasteiger partial charge in [-0.15, -0.1) is 0 Å². The molecule has 0 saturated carbocycles. The second-order valence-electron chi connectivity index (χ2n) is 8.88. The maximum absolute atomic E-state index is 13.1. The smallest absolute Gasteiger partial charge is 0.326 e. The first-order valence-electron chi connectivity index (χ1n) is 10.4. The number of aromatic nitrogens is 2. The van der Waals surface area contributed by atoms with Crippen molar-refractivity contribution < 1.29 is 9.59 Å². The van der Waals surface area contributed by atoms with Crippen molar-refractivity contribution in [2.45, 2.75) is 40.2 Å². The van der Waals surface area contributed by atoms with E-state index in [4.69, 9.17) is 5.26 Å². The van der Waals surface area contributed by atoms with Gasteiger partial charge < -0.3 is 10.2 Å². The number of anilines is 1. The van der Waals surface area contributed by atoms with Crippen LogP contribution < -0.4 is 10.2 Å². The average Bonchev–Trinajstić information content (AvgIpc) is 2.74. The fraction of sp³-hybridized carbons (Fsp3) is 0.435. The molecule has 1 N–H and O–H groups in total. The van der Waals surface area contributed by atoms with Gasteiger partial charge in [-0.2, -0.15) is 5.26 Å². The summed E-state index contributed by atoms with van der Waals surface area (Å²) in [6.45, 7) is 7.21. The molecular formula is C23H28N6O2. The van der Waals surface area contributed by atoms with Crippen LogP contribution in [-0.2, 0) is 17.8 Å². The van der Waals surface area contributed by atoms with E-state index in [9.17, 15) is 9.59 Å². The van der Waals surface area contributed by atoms with E-state index in [0.717, 1.165) is 18.4 Å². The molecule has 1 aliphatic heterocycles. The van der Waals surface area contributed by atoms with Crippen LogP contribution in [0, 0.1) is 16.7 Å². The van der Waals surface area contributed by atoms with E-state index in [2.05, 4.69) is 27.4 Å². The van der Waals surface area contributed by atoms with E-state index >= 15 is 0 Å². The molecule has 0 unspecified atom stereocenters. The maximum atomic E-state index is 13.1. The van der Waals surface area contributed by atoms with E-state index < -0.39 is 0 Å². The van der Waals surface area contributed by atoms with Crippen molar-refractivity contribution >= 4 is 17.8 Å². The molecule has 0 fully saturated rings. The molecular weight excluding hydrogens is 392 g/mol. The molecule has 0 aliphatic carbocycles. The standard InChI is InChI=1S/C23H28N6O2/c1-23(2,3)16-29-21-18(13-26-19(12-24)27-21)14-28(22(29)31)15-20(30)25-11-7-10-17-8-5-4-6-9-17/h4-6,8-9,13H,7,10-11,14-16H2,1-3H3,(H,25,30). The number of urea groups is 1. The summed E-state index contributed by atoms with van der Waals surface area (Å²) in [5.41, 5.74) is 1.77. The van der Waals surface area contributed by atoms with Gasteiger partial charge >= 0.3 is 6.03 Å². The highest BCUT2D eigenvalue weighted by atomic mass is 16.2. The molecule has 8 heteroatoms. The molecule has 0 spiro atoms. The number of carbonyl (C=O) groups excluding carboxylic acids is 2. The third kappa shape index (κ3) is 6.01. The first kappa shape index (κ1) is 22.2. The number of amides is 3. The predicted octanol–water partition coefficient (Wildman–Crippen LogP) is 2.89. The van der Waals surface area contributed by atoms with Crippen LogP contribution in [0.4, 0.5) is 10.6 Å². The number of hydrogen-bond donors (Lipinski definition) is 1. The van der Waals surface area contributed by atoms with Gasteiger partial charge in [-0.3, -0.25) is 9.69 Å². The number of aryl methyl sites for hydroxylation is 1. The monoisotopic (exact) mass is 420 g/mol. The summed E-state index contributed by atoms with van der Waals surface area (Å²) >= 11 is 0. The van der Waals surface area contributed by atoms with E-state index in [0.29, 0.717) is 18.9 Å². The zero-order valence-corrected chi connectivity index (χ0v) is 18.3. The van der Waals surface area contributed by atoms with Crippen LogP contribution >= 0.6 is 0 Å². The largest absolute Gasteiger partial charge is 0.355 e. The van der Waals surface area contributed by atoms with Crippen LogP contribution in [0.5, 0.6) is 0 Å². The summed E-state index contributed by atoms with van der Waals surface area (Å²) in [4.78, 5) is 36.9. The highest BCUT2D eigenvalue weighted by molar-refractivity contribution is 5.96. The topological polar surface area (TPSA) is 102 Å². The van der Waals surface area contributed by atoms with Crippen molar-refractivity contribution in [1.82, 2.24) is 20.2 Å².